The van der Waals surface area contributed by atoms with Crippen LogP contribution in [0.25, 0.3) is 5.57 Å². The molecule has 1 aromatic heterocycles. The number of ketones is 1. The third-order valence-electron chi connectivity index (χ3n) is 5.43. The maximum absolute atomic E-state index is 12.9. The number of alkyl halides is 6. The summed E-state index contributed by atoms with van der Waals surface area (Å²) in [7, 11) is 0. The Bertz CT molecular complexity index is 1030. The van der Waals surface area contributed by atoms with Gasteiger partial charge >= 0.3 is 12.4 Å². The first-order valence-corrected chi connectivity index (χ1v) is 11.1. The van der Waals surface area contributed by atoms with Gasteiger partial charge in [0, 0.05) is 29.7 Å². The molecule has 0 spiro atoms. The van der Waals surface area contributed by atoms with E-state index in [1.807, 2.05) is 0 Å². The second-order valence-corrected chi connectivity index (χ2v) is 8.40. The highest BCUT2D eigenvalue weighted by Gasteiger charge is 2.37. The molecule has 0 fully saturated rings. The van der Waals surface area contributed by atoms with Crippen molar-refractivity contribution in [2.75, 3.05) is 0 Å². The fourth-order valence-corrected chi connectivity index (χ4v) is 2.72. The summed E-state index contributed by atoms with van der Waals surface area (Å²) < 4.78 is 77.5. The number of hydrogen-bond donors (Lipinski definition) is 2. The number of Topliss-reactive ketones (excluding diaryl/α,β-unsaturated/α-hetero) is 1. The summed E-state index contributed by atoms with van der Waals surface area (Å²) in [6.45, 7) is 10.3. The van der Waals surface area contributed by atoms with E-state index in [2.05, 4.69) is 43.2 Å². The van der Waals surface area contributed by atoms with Crippen LogP contribution in [-0.4, -0.2) is 16.6 Å². The molecule has 3 N–H and O–H groups in total. The van der Waals surface area contributed by atoms with Crippen LogP contribution in [0.1, 0.15) is 63.3 Å². The molecule has 1 heterocycles. The van der Waals surface area contributed by atoms with Crippen LogP contribution in [0.15, 0.2) is 54.0 Å². The summed E-state index contributed by atoms with van der Waals surface area (Å²) in [5.74, 6) is 0.774. The maximum atomic E-state index is 12.9. The van der Waals surface area contributed by atoms with E-state index in [4.69, 9.17) is 5.73 Å². The monoisotopic (exact) mass is 516 g/mol. The fourth-order valence-electron chi connectivity index (χ4n) is 2.72. The molecule has 0 saturated carbocycles. The zero-order chi connectivity index (χ0) is 27.7. The largest absolute Gasteiger partial charge is 0.416 e. The van der Waals surface area contributed by atoms with Crippen LogP contribution < -0.4 is 11.2 Å². The molecule has 1 unspecified atom stereocenters. The molecular weight excluding hydrogens is 486 g/mol. The highest BCUT2D eigenvalue weighted by Crippen LogP contribution is 2.36. The number of allylic oxidation sites excluding steroid dienone is 1. The van der Waals surface area contributed by atoms with Crippen LogP contribution in [-0.2, 0) is 17.1 Å². The molecule has 1 atom stereocenters. The van der Waals surface area contributed by atoms with Crippen molar-refractivity contribution < 1.29 is 31.1 Å². The van der Waals surface area contributed by atoms with Crippen LogP contribution >= 0.6 is 0 Å². The Morgan fingerprint density at radius 3 is 1.86 bits per heavy atom. The topological polar surface area (TPSA) is 80.4 Å². The number of nitrogens with zero attached hydrogens (tertiary/aromatic N) is 2. The third-order valence-corrected chi connectivity index (χ3v) is 5.43. The molecule has 198 valence electrons. The van der Waals surface area contributed by atoms with E-state index in [1.54, 1.807) is 0 Å². The Morgan fingerprint density at radius 1 is 1.00 bits per heavy atom. The molecule has 0 saturated heterocycles. The molecule has 11 heteroatoms. The number of hydrogen-bond acceptors (Lipinski definition) is 4. The Labute approximate surface area is 206 Å². The van der Waals surface area contributed by atoms with Gasteiger partial charge in [0.05, 0.1) is 11.1 Å². The number of pyridine rings is 1. The van der Waals surface area contributed by atoms with Gasteiger partial charge in [-0.1, -0.05) is 34.1 Å². The molecule has 0 aliphatic rings. The van der Waals surface area contributed by atoms with Gasteiger partial charge in [0.25, 0.3) is 0 Å². The second kappa shape index (κ2) is 13.1. The van der Waals surface area contributed by atoms with Crippen LogP contribution in [0.4, 0.5) is 26.3 Å². The molecule has 0 bridgehead atoms. The van der Waals surface area contributed by atoms with Crippen LogP contribution in [0.2, 0.25) is 0 Å². The lowest BCUT2D eigenvalue weighted by Gasteiger charge is -2.14. The number of hydrazone groups is 1. The SMILES string of the molecule is CC(=O)/C(=C/N/N=C(\N)c1cc(C(F)(F)F)cc(C(F)(F)F)c1)c1ccncc1.CCC(C)C(C)C. The minimum Gasteiger partial charge on any atom is -0.382 e. The van der Waals surface area contributed by atoms with Gasteiger partial charge in [-0.05, 0) is 54.7 Å². The minimum atomic E-state index is -5.01. The van der Waals surface area contributed by atoms with Crippen molar-refractivity contribution in [3.8, 4) is 0 Å². The highest BCUT2D eigenvalue weighted by atomic mass is 19.4. The normalized spacial score (nSPS) is 13.7. The summed E-state index contributed by atoms with van der Waals surface area (Å²) in [5, 5.41) is 3.55. The van der Waals surface area contributed by atoms with Crippen molar-refractivity contribution >= 4 is 17.2 Å². The number of carbonyl (C=O) groups is 1. The number of nitrogens with two attached hydrogens (primary N) is 1. The molecule has 5 nitrogen and oxygen atoms in total. The summed E-state index contributed by atoms with van der Waals surface area (Å²) in [6.07, 6.45) is -4.70. The van der Waals surface area contributed by atoms with Crippen molar-refractivity contribution in [1.29, 1.82) is 0 Å². The average molecular weight is 517 g/mol. The van der Waals surface area contributed by atoms with Gasteiger partial charge < -0.3 is 5.73 Å². The number of rotatable bonds is 7. The van der Waals surface area contributed by atoms with Crippen molar-refractivity contribution in [2.24, 2.45) is 22.7 Å². The first kappa shape index (κ1) is 30.7. The lowest BCUT2D eigenvalue weighted by Crippen LogP contribution is -2.20. The maximum Gasteiger partial charge on any atom is 0.416 e. The minimum absolute atomic E-state index is 0.0125. The van der Waals surface area contributed by atoms with Gasteiger partial charge in [-0.3, -0.25) is 15.2 Å². The highest BCUT2D eigenvalue weighted by molar-refractivity contribution is 6.19. The Kier molecular flexibility index (Phi) is 11.1. The van der Waals surface area contributed by atoms with E-state index in [1.165, 1.54) is 37.9 Å². The molecule has 0 radical (unpaired) electrons. The smallest absolute Gasteiger partial charge is 0.382 e. The zero-order valence-electron chi connectivity index (χ0n) is 20.6. The summed E-state index contributed by atoms with van der Waals surface area (Å²) >= 11 is 0. The molecule has 0 aliphatic carbocycles. The number of benzene rings is 1. The fraction of sp³-hybridized carbons (Fsp3) is 0.400. The first-order valence-electron chi connectivity index (χ1n) is 11.1. The van der Waals surface area contributed by atoms with Crippen molar-refractivity contribution in [1.82, 2.24) is 10.4 Å². The first-order chi connectivity index (χ1) is 16.6. The van der Waals surface area contributed by atoms with Gasteiger partial charge in [0.15, 0.2) is 11.6 Å². The molecule has 0 aliphatic heterocycles. The Hall–Kier alpha value is -3.37. The molecule has 2 aromatic rings. The molecule has 1 aromatic carbocycles. The standard InChI is InChI=1S/C18H14F6N4O.C7H16/c1-10(29)15(11-2-4-26-5-3-11)9-27-28-16(25)12-6-13(17(19,20)21)8-14(7-12)18(22,23)24;1-5-7(4)6(2)3/h2-9,27H,1H3,(H2,25,28);6-7H,5H2,1-4H3/b15-9-;. The van der Waals surface area contributed by atoms with Crippen LogP contribution in [0, 0.1) is 11.8 Å². The lowest BCUT2D eigenvalue weighted by molar-refractivity contribution is -0.143. The third kappa shape index (κ3) is 9.71. The summed E-state index contributed by atoms with van der Waals surface area (Å²) in [4.78, 5) is 15.5. The summed E-state index contributed by atoms with van der Waals surface area (Å²) in [5.41, 5.74) is 4.85. The van der Waals surface area contributed by atoms with E-state index in [0.717, 1.165) is 18.0 Å². The second-order valence-electron chi connectivity index (χ2n) is 8.40. The predicted octanol–water partition coefficient (Wildman–Crippen LogP) is 6.65. The number of aromatic nitrogens is 1. The molecule has 36 heavy (non-hydrogen) atoms. The Morgan fingerprint density at radius 2 is 1.50 bits per heavy atom. The summed E-state index contributed by atoms with van der Waals surface area (Å²) in [6, 6.07) is 3.96. The van der Waals surface area contributed by atoms with Crippen molar-refractivity contribution in [3.63, 3.8) is 0 Å². The van der Waals surface area contributed by atoms with Crippen molar-refractivity contribution in [2.45, 2.75) is 53.4 Å². The molecule has 2 rings (SSSR count). The van der Waals surface area contributed by atoms with Gasteiger partial charge in [-0.15, -0.1) is 0 Å². The number of carbonyl (C=O) groups excluding carboxylic acids is 1. The van der Waals surface area contributed by atoms with Gasteiger partial charge in [-0.2, -0.15) is 31.4 Å². The van der Waals surface area contributed by atoms with Crippen LogP contribution in [0.3, 0.4) is 0 Å². The average Bonchev–Trinajstić information content (AvgIpc) is 2.80. The number of amidine groups is 1. The Balaban J connectivity index is 0.000000809. The van der Waals surface area contributed by atoms with Gasteiger partial charge in [-0.25, -0.2) is 0 Å². The van der Waals surface area contributed by atoms with Gasteiger partial charge in [0.2, 0.25) is 0 Å². The van der Waals surface area contributed by atoms with E-state index >= 15 is 0 Å². The lowest BCUT2D eigenvalue weighted by atomic mass is 9.96. The van der Waals surface area contributed by atoms with Crippen molar-refractivity contribution in [3.05, 3.63) is 71.2 Å². The quantitative estimate of drug-likeness (QED) is 0.142. The van der Waals surface area contributed by atoms with Crippen LogP contribution in [0.5, 0.6) is 0 Å². The van der Waals surface area contributed by atoms with E-state index in [9.17, 15) is 31.1 Å². The number of nitrogens with one attached hydrogen (secondary N) is 1. The van der Waals surface area contributed by atoms with E-state index in [0.29, 0.717) is 17.7 Å². The van der Waals surface area contributed by atoms with Gasteiger partial charge in [0.1, 0.15) is 0 Å². The zero-order valence-corrected chi connectivity index (χ0v) is 20.6. The number of halogens is 6. The van der Waals surface area contributed by atoms with E-state index in [-0.39, 0.29) is 17.4 Å². The molecule has 0 amide bonds. The molecular formula is C25H30F6N4O. The predicted molar refractivity (Wildman–Crippen MR) is 127 cm³/mol. The van der Waals surface area contributed by atoms with E-state index < -0.39 is 34.9 Å².